The number of carbonyl (C=O) groups is 1. The molecular formula is C25H27N5O3. The molecule has 8 heteroatoms. The standard InChI is InChI=1S/C25H27N5O3/c1-3-25(2,24(32)29-14-17-7-5-4-6-8-17)16-33-23(31)22-28-15-21(30-22)18-9-10-19-20(13-18)27-12-11-26-19/h4-13,15,23,31H,3,14,16H2,1-2H3,(H,28,30)(H,29,32)/t23-,25-/m0/s1. The quantitative estimate of drug-likeness (QED) is 0.338. The van der Waals surface area contributed by atoms with Crippen molar-refractivity contribution < 1.29 is 14.6 Å². The van der Waals surface area contributed by atoms with Crippen LogP contribution in [0, 0.1) is 5.41 Å². The van der Waals surface area contributed by atoms with Crippen LogP contribution in [-0.2, 0) is 16.1 Å². The van der Waals surface area contributed by atoms with E-state index in [1.807, 2.05) is 62.4 Å². The van der Waals surface area contributed by atoms with Crippen LogP contribution in [0.2, 0.25) is 0 Å². The minimum Gasteiger partial charge on any atom is -0.362 e. The van der Waals surface area contributed by atoms with Crippen molar-refractivity contribution in [3.05, 3.63) is 78.5 Å². The van der Waals surface area contributed by atoms with Gasteiger partial charge in [-0.2, -0.15) is 0 Å². The highest BCUT2D eigenvalue weighted by atomic mass is 16.6. The van der Waals surface area contributed by atoms with E-state index in [1.54, 1.807) is 18.6 Å². The summed E-state index contributed by atoms with van der Waals surface area (Å²) in [6.07, 6.45) is 4.19. The van der Waals surface area contributed by atoms with Crippen molar-refractivity contribution in [2.45, 2.75) is 33.1 Å². The van der Waals surface area contributed by atoms with Crippen LogP contribution in [-0.4, -0.2) is 37.6 Å². The van der Waals surface area contributed by atoms with Gasteiger partial charge in [0.15, 0.2) is 5.82 Å². The number of benzene rings is 2. The minimum atomic E-state index is -1.29. The Hall–Kier alpha value is -3.62. The lowest BCUT2D eigenvalue weighted by molar-refractivity contribution is -0.152. The summed E-state index contributed by atoms with van der Waals surface area (Å²) in [7, 11) is 0. The number of nitrogens with one attached hydrogen (secondary N) is 2. The van der Waals surface area contributed by atoms with Crippen molar-refractivity contribution >= 4 is 16.9 Å². The van der Waals surface area contributed by atoms with Gasteiger partial charge in [0.05, 0.1) is 34.9 Å². The topological polar surface area (TPSA) is 113 Å². The maximum Gasteiger partial charge on any atom is 0.228 e. The molecule has 0 radical (unpaired) electrons. The minimum absolute atomic E-state index is 0.0485. The number of aromatic amines is 1. The van der Waals surface area contributed by atoms with Gasteiger partial charge in [-0.05, 0) is 31.0 Å². The molecule has 0 fully saturated rings. The van der Waals surface area contributed by atoms with Crippen LogP contribution >= 0.6 is 0 Å². The SMILES string of the molecule is CC[C@@](C)(CO[C@H](O)c1ncc(-c2ccc3nccnc3c2)[nH]1)C(=O)NCc1ccccc1. The molecule has 170 valence electrons. The molecule has 3 N–H and O–H groups in total. The molecule has 2 heterocycles. The second kappa shape index (κ2) is 9.89. The van der Waals surface area contributed by atoms with Gasteiger partial charge in [-0.3, -0.25) is 14.8 Å². The summed E-state index contributed by atoms with van der Waals surface area (Å²) < 4.78 is 5.66. The Balaban J connectivity index is 1.38. The zero-order valence-corrected chi connectivity index (χ0v) is 18.7. The van der Waals surface area contributed by atoms with Crippen LogP contribution < -0.4 is 5.32 Å². The lowest BCUT2D eigenvalue weighted by Gasteiger charge is -2.27. The van der Waals surface area contributed by atoms with Gasteiger partial charge in [-0.25, -0.2) is 4.98 Å². The van der Waals surface area contributed by atoms with E-state index in [-0.39, 0.29) is 18.3 Å². The summed E-state index contributed by atoms with van der Waals surface area (Å²) in [5.41, 5.74) is 3.39. The number of nitrogens with zero attached hydrogens (tertiary/aromatic N) is 3. The van der Waals surface area contributed by atoms with Crippen LogP contribution in [0.5, 0.6) is 0 Å². The van der Waals surface area contributed by atoms with Crippen LogP contribution in [0.1, 0.15) is 37.9 Å². The van der Waals surface area contributed by atoms with E-state index < -0.39 is 11.7 Å². The number of aliphatic hydroxyl groups excluding tert-OH is 1. The zero-order chi connectivity index (χ0) is 23.3. The summed E-state index contributed by atoms with van der Waals surface area (Å²) in [5, 5.41) is 13.5. The molecule has 2 aromatic heterocycles. The molecule has 0 unspecified atom stereocenters. The molecule has 0 saturated heterocycles. The predicted molar refractivity (Wildman–Crippen MR) is 125 cm³/mol. The van der Waals surface area contributed by atoms with Crippen molar-refractivity contribution in [2.24, 2.45) is 5.41 Å². The Labute approximate surface area is 192 Å². The lowest BCUT2D eigenvalue weighted by atomic mass is 9.87. The molecule has 0 aliphatic carbocycles. The molecule has 0 aliphatic heterocycles. The first-order chi connectivity index (χ1) is 16.0. The third-order valence-corrected chi connectivity index (χ3v) is 5.79. The van der Waals surface area contributed by atoms with Crippen LogP contribution in [0.15, 0.2) is 67.1 Å². The maximum absolute atomic E-state index is 12.8. The Morgan fingerprint density at radius 1 is 1.12 bits per heavy atom. The van der Waals surface area contributed by atoms with Gasteiger partial charge in [-0.1, -0.05) is 43.3 Å². The average Bonchev–Trinajstić information content (AvgIpc) is 3.36. The summed E-state index contributed by atoms with van der Waals surface area (Å²) in [4.78, 5) is 28.7. The molecule has 2 atom stereocenters. The summed E-state index contributed by atoms with van der Waals surface area (Å²) >= 11 is 0. The van der Waals surface area contributed by atoms with E-state index in [9.17, 15) is 9.90 Å². The largest absolute Gasteiger partial charge is 0.362 e. The number of amides is 1. The molecule has 0 spiro atoms. The lowest BCUT2D eigenvalue weighted by Crippen LogP contribution is -2.41. The van der Waals surface area contributed by atoms with Gasteiger partial charge in [0, 0.05) is 24.5 Å². The van der Waals surface area contributed by atoms with E-state index in [2.05, 4.69) is 25.3 Å². The number of imidazole rings is 1. The molecule has 1 amide bonds. The third-order valence-electron chi connectivity index (χ3n) is 5.79. The molecule has 8 nitrogen and oxygen atoms in total. The van der Waals surface area contributed by atoms with Gasteiger partial charge >= 0.3 is 0 Å². The highest BCUT2D eigenvalue weighted by molar-refractivity contribution is 5.82. The third kappa shape index (κ3) is 5.24. The highest BCUT2D eigenvalue weighted by Gasteiger charge is 2.33. The number of aliphatic hydroxyl groups is 1. The molecule has 4 aromatic rings. The van der Waals surface area contributed by atoms with Crippen molar-refractivity contribution in [1.82, 2.24) is 25.3 Å². The first-order valence-corrected chi connectivity index (χ1v) is 10.9. The van der Waals surface area contributed by atoms with Crippen molar-refractivity contribution in [2.75, 3.05) is 6.61 Å². The van der Waals surface area contributed by atoms with Crippen molar-refractivity contribution in [1.29, 1.82) is 0 Å². The Kier molecular flexibility index (Phi) is 6.76. The molecular weight excluding hydrogens is 418 g/mol. The van der Waals surface area contributed by atoms with Crippen LogP contribution in [0.25, 0.3) is 22.3 Å². The highest BCUT2D eigenvalue weighted by Crippen LogP contribution is 2.26. The monoisotopic (exact) mass is 445 g/mol. The number of carbonyl (C=O) groups excluding carboxylic acids is 1. The Morgan fingerprint density at radius 2 is 1.88 bits per heavy atom. The number of ether oxygens (including phenoxy) is 1. The number of fused-ring (bicyclic) bond motifs is 1. The molecule has 0 saturated carbocycles. The maximum atomic E-state index is 12.8. The van der Waals surface area contributed by atoms with E-state index >= 15 is 0 Å². The van der Waals surface area contributed by atoms with Crippen molar-refractivity contribution in [3.8, 4) is 11.3 Å². The van der Waals surface area contributed by atoms with Crippen LogP contribution in [0.3, 0.4) is 0 Å². The zero-order valence-electron chi connectivity index (χ0n) is 18.7. The van der Waals surface area contributed by atoms with E-state index in [0.29, 0.717) is 13.0 Å². The fraction of sp³-hybridized carbons (Fsp3) is 0.280. The van der Waals surface area contributed by atoms with E-state index in [0.717, 1.165) is 27.9 Å². The Bertz CT molecular complexity index is 1230. The number of aromatic nitrogens is 4. The first-order valence-electron chi connectivity index (χ1n) is 10.9. The molecule has 4 rings (SSSR count). The van der Waals surface area contributed by atoms with Gasteiger partial charge in [0.2, 0.25) is 12.2 Å². The number of hydrogen-bond donors (Lipinski definition) is 3. The normalized spacial score (nSPS) is 14.0. The van der Waals surface area contributed by atoms with Gasteiger partial charge in [0.25, 0.3) is 0 Å². The molecule has 33 heavy (non-hydrogen) atoms. The summed E-state index contributed by atoms with van der Waals surface area (Å²) in [6, 6.07) is 15.4. The number of H-pyrrole nitrogens is 1. The fourth-order valence-corrected chi connectivity index (χ4v) is 3.40. The van der Waals surface area contributed by atoms with E-state index in [4.69, 9.17) is 4.74 Å². The number of rotatable bonds is 9. The van der Waals surface area contributed by atoms with Crippen molar-refractivity contribution in [3.63, 3.8) is 0 Å². The number of hydrogen-bond acceptors (Lipinski definition) is 6. The van der Waals surface area contributed by atoms with Crippen LogP contribution in [0.4, 0.5) is 0 Å². The van der Waals surface area contributed by atoms with E-state index in [1.165, 1.54) is 0 Å². The van der Waals surface area contributed by atoms with Gasteiger partial charge in [0.1, 0.15) is 0 Å². The second-order valence-electron chi connectivity index (χ2n) is 8.19. The Morgan fingerprint density at radius 3 is 2.64 bits per heavy atom. The molecule has 0 aliphatic rings. The smallest absolute Gasteiger partial charge is 0.228 e. The average molecular weight is 446 g/mol. The van der Waals surface area contributed by atoms with Gasteiger partial charge < -0.3 is 20.1 Å². The molecule has 2 aromatic carbocycles. The fourth-order valence-electron chi connectivity index (χ4n) is 3.40. The summed E-state index contributed by atoms with van der Waals surface area (Å²) in [6.45, 7) is 4.23. The van der Waals surface area contributed by atoms with Gasteiger partial charge in [-0.15, -0.1) is 0 Å². The second-order valence-corrected chi connectivity index (χ2v) is 8.19. The molecule has 0 bridgehead atoms. The summed E-state index contributed by atoms with van der Waals surface area (Å²) in [5.74, 6) is 0.144. The first kappa shape index (κ1) is 22.6. The predicted octanol–water partition coefficient (Wildman–Crippen LogP) is 3.76.